The number of ether oxygens (including phenoxy) is 2. The average molecular weight is 352 g/mol. The number of halogens is 1. The van der Waals surface area contributed by atoms with Gasteiger partial charge in [-0.2, -0.15) is 0 Å². The largest absolute Gasteiger partial charge is 0.493 e. The zero-order valence-corrected chi connectivity index (χ0v) is 14.1. The van der Waals surface area contributed by atoms with Crippen molar-refractivity contribution >= 4 is 15.9 Å². The fourth-order valence-electron chi connectivity index (χ4n) is 3.98. The lowest BCUT2D eigenvalue weighted by Gasteiger charge is -2.34. The molecule has 2 N–H and O–H groups in total. The maximum atomic E-state index is 6.36. The zero-order valence-electron chi connectivity index (χ0n) is 12.5. The summed E-state index contributed by atoms with van der Waals surface area (Å²) in [5.41, 5.74) is 10.5. The van der Waals surface area contributed by atoms with E-state index >= 15 is 0 Å². The number of hydrogen-bond donors (Lipinski definition) is 1. The molecule has 4 rings (SSSR count). The van der Waals surface area contributed by atoms with Crippen LogP contribution in [-0.4, -0.2) is 19.3 Å². The Morgan fingerprint density at radius 1 is 1.05 bits per heavy atom. The van der Waals surface area contributed by atoms with Crippen LogP contribution in [0.4, 0.5) is 0 Å². The second-order valence-electron chi connectivity index (χ2n) is 6.65. The first kappa shape index (κ1) is 13.9. The van der Waals surface area contributed by atoms with Gasteiger partial charge in [0.05, 0.1) is 17.7 Å². The molecule has 0 spiro atoms. The van der Waals surface area contributed by atoms with E-state index in [1.807, 2.05) is 0 Å². The van der Waals surface area contributed by atoms with Crippen molar-refractivity contribution in [1.29, 1.82) is 0 Å². The number of benzene rings is 1. The summed E-state index contributed by atoms with van der Waals surface area (Å²) in [7, 11) is 0. The van der Waals surface area contributed by atoms with Crippen LogP contribution in [0.1, 0.15) is 49.3 Å². The minimum Gasteiger partial charge on any atom is -0.493 e. The number of fused-ring (bicyclic) bond motifs is 2. The quantitative estimate of drug-likeness (QED) is 0.886. The lowest BCUT2D eigenvalue weighted by molar-refractivity contribution is 0.263. The minimum atomic E-state index is 0.118. The van der Waals surface area contributed by atoms with Crippen LogP contribution in [-0.2, 0) is 18.3 Å². The molecule has 3 aliphatic rings. The highest BCUT2D eigenvalue weighted by Crippen LogP contribution is 2.59. The Labute approximate surface area is 134 Å². The average Bonchev–Trinajstić information content (AvgIpc) is 3.29. The van der Waals surface area contributed by atoms with E-state index in [9.17, 15) is 0 Å². The van der Waals surface area contributed by atoms with Crippen molar-refractivity contribution in [3.63, 3.8) is 0 Å². The van der Waals surface area contributed by atoms with Crippen LogP contribution in [0.3, 0.4) is 0 Å². The molecule has 0 bridgehead atoms. The van der Waals surface area contributed by atoms with Crippen molar-refractivity contribution in [3.05, 3.63) is 21.2 Å². The molecule has 3 nitrogen and oxygen atoms in total. The van der Waals surface area contributed by atoms with Crippen LogP contribution < -0.4 is 15.2 Å². The molecule has 1 aromatic carbocycles. The smallest absolute Gasteiger partial charge is 0.137 e. The lowest BCUT2D eigenvalue weighted by atomic mass is 9.81. The maximum absolute atomic E-state index is 6.36. The zero-order chi connectivity index (χ0) is 14.6. The Kier molecular flexibility index (Phi) is 3.23. The number of rotatable bonds is 2. The molecular formula is C17H22BrNO2. The summed E-state index contributed by atoms with van der Waals surface area (Å²) >= 11 is 3.77. The predicted molar refractivity (Wildman–Crippen MR) is 86.3 cm³/mol. The van der Waals surface area contributed by atoms with Crippen LogP contribution in [0.5, 0.6) is 11.5 Å². The topological polar surface area (TPSA) is 44.5 Å². The predicted octanol–water partition coefficient (Wildman–Crippen LogP) is 3.48. The molecule has 1 aliphatic carbocycles. The Hall–Kier alpha value is -0.740. The van der Waals surface area contributed by atoms with E-state index in [1.54, 1.807) is 0 Å². The van der Waals surface area contributed by atoms with Gasteiger partial charge >= 0.3 is 0 Å². The van der Waals surface area contributed by atoms with Gasteiger partial charge in [0.2, 0.25) is 0 Å². The Morgan fingerprint density at radius 3 is 2.29 bits per heavy atom. The Balaban J connectivity index is 2.00. The summed E-state index contributed by atoms with van der Waals surface area (Å²) < 4.78 is 13.3. The van der Waals surface area contributed by atoms with Crippen molar-refractivity contribution < 1.29 is 9.47 Å². The van der Waals surface area contributed by atoms with E-state index in [-0.39, 0.29) is 11.5 Å². The third-order valence-electron chi connectivity index (χ3n) is 5.33. The molecule has 114 valence electrons. The van der Waals surface area contributed by atoms with Crippen molar-refractivity contribution in [2.75, 3.05) is 13.2 Å². The van der Waals surface area contributed by atoms with E-state index < -0.39 is 0 Å². The van der Waals surface area contributed by atoms with Gasteiger partial charge in [0, 0.05) is 28.1 Å². The van der Waals surface area contributed by atoms with Crippen LogP contribution in [0, 0.1) is 0 Å². The molecule has 0 aromatic heterocycles. The SMILES string of the molecule is CC(N)C1(c2c3c(c(Br)c4c2OCCC4)OCCC3)CC1. The standard InChI is InChI=1S/C17H22BrNO2/c1-10(19)17(6-7-17)13-11-4-2-9-21-16(11)14(18)12-5-3-8-20-15(12)13/h10H,2-9,19H2,1H3. The summed E-state index contributed by atoms with van der Waals surface area (Å²) in [5.74, 6) is 2.18. The molecule has 4 heteroatoms. The number of nitrogens with two attached hydrogens (primary N) is 1. The van der Waals surface area contributed by atoms with Gasteiger partial charge < -0.3 is 15.2 Å². The van der Waals surface area contributed by atoms with Gasteiger partial charge in [0.25, 0.3) is 0 Å². The monoisotopic (exact) mass is 351 g/mol. The first-order chi connectivity index (χ1) is 10.1. The molecule has 0 saturated heterocycles. The molecule has 2 aliphatic heterocycles. The highest BCUT2D eigenvalue weighted by molar-refractivity contribution is 9.10. The van der Waals surface area contributed by atoms with Crippen molar-refractivity contribution in [1.82, 2.24) is 0 Å². The Bertz CT molecular complexity index is 556. The van der Waals surface area contributed by atoms with Gasteiger partial charge in [-0.05, 0) is 61.4 Å². The second kappa shape index (κ2) is 4.88. The van der Waals surface area contributed by atoms with Gasteiger partial charge in [0.15, 0.2) is 0 Å². The number of hydrogen-bond acceptors (Lipinski definition) is 3. The van der Waals surface area contributed by atoms with Crippen LogP contribution in [0.15, 0.2) is 4.47 Å². The second-order valence-corrected chi connectivity index (χ2v) is 7.45. The van der Waals surface area contributed by atoms with E-state index in [1.165, 1.54) is 29.5 Å². The van der Waals surface area contributed by atoms with Gasteiger partial charge in [-0.1, -0.05) is 0 Å². The van der Waals surface area contributed by atoms with E-state index in [0.29, 0.717) is 0 Å². The fraction of sp³-hybridized carbons (Fsp3) is 0.647. The maximum Gasteiger partial charge on any atom is 0.137 e. The minimum absolute atomic E-state index is 0.118. The Morgan fingerprint density at radius 2 is 1.67 bits per heavy atom. The van der Waals surface area contributed by atoms with Crippen molar-refractivity contribution in [2.45, 2.75) is 56.9 Å². The van der Waals surface area contributed by atoms with Crippen molar-refractivity contribution in [2.24, 2.45) is 5.73 Å². The lowest BCUT2D eigenvalue weighted by Crippen LogP contribution is -2.34. The highest BCUT2D eigenvalue weighted by atomic mass is 79.9. The first-order valence-electron chi connectivity index (χ1n) is 8.04. The molecule has 1 aromatic rings. The first-order valence-corrected chi connectivity index (χ1v) is 8.83. The molecule has 1 atom stereocenters. The molecule has 2 heterocycles. The molecule has 0 radical (unpaired) electrons. The van der Waals surface area contributed by atoms with Crippen molar-refractivity contribution in [3.8, 4) is 11.5 Å². The summed E-state index contributed by atoms with van der Waals surface area (Å²) in [6.07, 6.45) is 6.65. The molecule has 1 unspecified atom stereocenters. The summed E-state index contributed by atoms with van der Waals surface area (Å²) in [6, 6.07) is 0.166. The van der Waals surface area contributed by atoms with Crippen LogP contribution in [0.25, 0.3) is 0 Å². The van der Waals surface area contributed by atoms with E-state index in [0.717, 1.165) is 54.9 Å². The van der Waals surface area contributed by atoms with Gasteiger partial charge in [-0.25, -0.2) is 0 Å². The molecule has 1 fully saturated rings. The van der Waals surface area contributed by atoms with Crippen LogP contribution >= 0.6 is 15.9 Å². The fourth-order valence-corrected chi connectivity index (χ4v) is 4.71. The summed E-state index contributed by atoms with van der Waals surface area (Å²) in [4.78, 5) is 0. The van der Waals surface area contributed by atoms with Gasteiger partial charge in [-0.3, -0.25) is 0 Å². The third kappa shape index (κ3) is 1.95. The van der Waals surface area contributed by atoms with Gasteiger partial charge in [-0.15, -0.1) is 0 Å². The molecular weight excluding hydrogens is 330 g/mol. The van der Waals surface area contributed by atoms with Gasteiger partial charge in [0.1, 0.15) is 11.5 Å². The molecule has 0 amide bonds. The summed E-state index contributed by atoms with van der Waals surface area (Å²) in [5, 5.41) is 0. The van der Waals surface area contributed by atoms with E-state index in [4.69, 9.17) is 15.2 Å². The third-order valence-corrected chi connectivity index (χ3v) is 6.17. The molecule has 1 saturated carbocycles. The van der Waals surface area contributed by atoms with Crippen LogP contribution in [0.2, 0.25) is 0 Å². The highest BCUT2D eigenvalue weighted by Gasteiger charge is 2.52. The molecule has 21 heavy (non-hydrogen) atoms. The normalized spacial score (nSPS) is 23.4. The summed E-state index contributed by atoms with van der Waals surface area (Å²) in [6.45, 7) is 3.78. The van der Waals surface area contributed by atoms with E-state index in [2.05, 4.69) is 22.9 Å².